The number of halogens is 2. The summed E-state index contributed by atoms with van der Waals surface area (Å²) in [5.74, 6) is -0.539. The van der Waals surface area contributed by atoms with Gasteiger partial charge in [0.05, 0.1) is 18.9 Å². The summed E-state index contributed by atoms with van der Waals surface area (Å²) in [7, 11) is 1.48. The van der Waals surface area contributed by atoms with Gasteiger partial charge in [-0.1, -0.05) is 15.9 Å². The topological polar surface area (TPSA) is 39.2 Å². The van der Waals surface area contributed by atoms with Gasteiger partial charge in [-0.15, -0.1) is 0 Å². The second-order valence-corrected chi connectivity index (χ2v) is 4.48. The van der Waals surface area contributed by atoms with E-state index in [4.69, 9.17) is 4.74 Å². The first kappa shape index (κ1) is 12.7. The molecule has 0 spiro atoms. The van der Waals surface area contributed by atoms with E-state index in [1.54, 1.807) is 0 Å². The number of nitrogens with zero attached hydrogens (tertiary/aromatic N) is 1. The van der Waals surface area contributed by atoms with Crippen LogP contribution in [0.3, 0.4) is 0 Å². The van der Waals surface area contributed by atoms with Crippen molar-refractivity contribution in [2.45, 2.75) is 0 Å². The van der Waals surface area contributed by atoms with Crippen molar-refractivity contribution in [3.8, 4) is 5.75 Å². The van der Waals surface area contributed by atoms with Crippen molar-refractivity contribution in [3.05, 3.63) is 58.1 Å². The minimum Gasteiger partial charge on any atom is -0.495 e. The monoisotopic (exact) mass is 309 g/mol. The molecule has 1 heterocycles. The first-order chi connectivity index (χ1) is 8.61. The molecule has 3 nitrogen and oxygen atoms in total. The lowest BCUT2D eigenvalue weighted by molar-refractivity contribution is 0.103. The summed E-state index contributed by atoms with van der Waals surface area (Å²) in [4.78, 5) is 16.0. The Morgan fingerprint density at radius 2 is 2.11 bits per heavy atom. The largest absolute Gasteiger partial charge is 0.495 e. The smallest absolute Gasteiger partial charge is 0.197 e. The fourth-order valence-electron chi connectivity index (χ4n) is 1.48. The maximum atomic E-state index is 13.6. The average Bonchev–Trinajstić information content (AvgIpc) is 2.41. The van der Waals surface area contributed by atoms with E-state index in [0.717, 1.165) is 0 Å². The van der Waals surface area contributed by atoms with Crippen LogP contribution in [0.25, 0.3) is 0 Å². The molecule has 1 aromatic heterocycles. The van der Waals surface area contributed by atoms with Crippen molar-refractivity contribution in [2.24, 2.45) is 0 Å². The SMILES string of the molecule is COc1cncc(C(=O)c2cc(Br)ccc2F)c1. The van der Waals surface area contributed by atoms with Crippen LogP contribution in [0.5, 0.6) is 5.75 Å². The molecule has 0 aliphatic carbocycles. The summed E-state index contributed by atoms with van der Waals surface area (Å²) >= 11 is 3.21. The second kappa shape index (κ2) is 5.27. The summed E-state index contributed by atoms with van der Waals surface area (Å²) in [5.41, 5.74) is 0.283. The van der Waals surface area contributed by atoms with Crippen molar-refractivity contribution in [2.75, 3.05) is 7.11 Å². The van der Waals surface area contributed by atoms with Crippen LogP contribution >= 0.6 is 15.9 Å². The maximum Gasteiger partial charge on any atom is 0.197 e. The Labute approximate surface area is 112 Å². The Balaban J connectivity index is 2.44. The number of pyridine rings is 1. The number of hydrogen-bond acceptors (Lipinski definition) is 3. The molecule has 0 aliphatic heterocycles. The van der Waals surface area contributed by atoms with Crippen molar-refractivity contribution in [1.29, 1.82) is 0 Å². The molecule has 0 bridgehead atoms. The van der Waals surface area contributed by atoms with Crippen LogP contribution in [0.4, 0.5) is 4.39 Å². The fraction of sp³-hybridized carbons (Fsp3) is 0.0769. The first-order valence-corrected chi connectivity index (χ1v) is 5.90. The zero-order valence-corrected chi connectivity index (χ0v) is 11.1. The van der Waals surface area contributed by atoms with E-state index in [2.05, 4.69) is 20.9 Å². The number of ketones is 1. The Morgan fingerprint density at radius 1 is 1.33 bits per heavy atom. The molecule has 1 aromatic carbocycles. The number of ether oxygens (including phenoxy) is 1. The summed E-state index contributed by atoms with van der Waals surface area (Å²) in [6.07, 6.45) is 2.86. The Hall–Kier alpha value is -1.75. The number of carbonyl (C=O) groups excluding carboxylic acids is 1. The Morgan fingerprint density at radius 3 is 2.83 bits per heavy atom. The van der Waals surface area contributed by atoms with Crippen molar-refractivity contribution in [3.63, 3.8) is 0 Å². The molecule has 0 fully saturated rings. The molecule has 5 heteroatoms. The quantitative estimate of drug-likeness (QED) is 0.817. The minimum atomic E-state index is -0.564. The predicted octanol–water partition coefficient (Wildman–Crippen LogP) is 3.22. The van der Waals surface area contributed by atoms with Crippen molar-refractivity contribution >= 4 is 21.7 Å². The van der Waals surface area contributed by atoms with Gasteiger partial charge in [-0.2, -0.15) is 0 Å². The van der Waals surface area contributed by atoms with Gasteiger partial charge in [0.15, 0.2) is 5.78 Å². The lowest BCUT2D eigenvalue weighted by Crippen LogP contribution is -2.05. The molecule has 0 amide bonds. The molecule has 0 radical (unpaired) electrons. The summed E-state index contributed by atoms with van der Waals surface area (Å²) < 4.78 is 19.2. The highest BCUT2D eigenvalue weighted by Crippen LogP contribution is 2.20. The molecule has 0 N–H and O–H groups in total. The molecule has 0 unspecified atom stereocenters. The van der Waals surface area contributed by atoms with Gasteiger partial charge >= 0.3 is 0 Å². The molecule has 0 saturated heterocycles. The van der Waals surface area contributed by atoms with Gasteiger partial charge in [-0.25, -0.2) is 4.39 Å². The molecule has 18 heavy (non-hydrogen) atoms. The molecule has 0 saturated carbocycles. The van der Waals surface area contributed by atoms with Gasteiger partial charge < -0.3 is 4.74 Å². The fourth-order valence-corrected chi connectivity index (χ4v) is 1.84. The minimum absolute atomic E-state index is 0.000530. The van der Waals surface area contributed by atoms with Crippen LogP contribution in [0.15, 0.2) is 41.1 Å². The van der Waals surface area contributed by atoms with Gasteiger partial charge in [0, 0.05) is 16.2 Å². The van der Waals surface area contributed by atoms with Crippen molar-refractivity contribution < 1.29 is 13.9 Å². The van der Waals surface area contributed by atoms with E-state index < -0.39 is 11.6 Å². The predicted molar refractivity (Wildman–Crippen MR) is 68.3 cm³/mol. The van der Waals surface area contributed by atoms with Crippen LogP contribution in [0.1, 0.15) is 15.9 Å². The van der Waals surface area contributed by atoms with Gasteiger partial charge in [0.1, 0.15) is 11.6 Å². The van der Waals surface area contributed by atoms with E-state index in [-0.39, 0.29) is 11.1 Å². The highest BCUT2D eigenvalue weighted by molar-refractivity contribution is 9.10. The lowest BCUT2D eigenvalue weighted by atomic mass is 10.0. The van der Waals surface area contributed by atoms with Crippen LogP contribution in [0, 0.1) is 5.82 Å². The van der Waals surface area contributed by atoms with Crippen LogP contribution in [-0.2, 0) is 0 Å². The third-order valence-electron chi connectivity index (χ3n) is 2.38. The van der Waals surface area contributed by atoms with Crippen molar-refractivity contribution in [1.82, 2.24) is 4.98 Å². The normalized spacial score (nSPS) is 10.2. The molecular formula is C13H9BrFNO2. The highest BCUT2D eigenvalue weighted by Gasteiger charge is 2.15. The zero-order valence-electron chi connectivity index (χ0n) is 9.48. The maximum absolute atomic E-state index is 13.6. The number of methoxy groups -OCH3 is 1. The Bertz CT molecular complexity index is 601. The zero-order chi connectivity index (χ0) is 13.1. The van der Waals surface area contributed by atoms with Gasteiger partial charge in [-0.3, -0.25) is 9.78 Å². The standard InChI is InChI=1S/C13H9BrFNO2/c1-18-10-4-8(6-16-7-10)13(17)11-5-9(14)2-3-12(11)15/h2-7H,1H3. The van der Waals surface area contributed by atoms with E-state index in [1.807, 2.05) is 0 Å². The second-order valence-electron chi connectivity index (χ2n) is 3.57. The number of benzene rings is 1. The summed E-state index contributed by atoms with van der Waals surface area (Å²) in [6, 6.07) is 5.74. The molecule has 2 aromatic rings. The molecule has 0 aliphatic rings. The van der Waals surface area contributed by atoms with E-state index in [0.29, 0.717) is 10.2 Å². The third kappa shape index (κ3) is 2.56. The summed E-state index contributed by atoms with van der Waals surface area (Å²) in [6.45, 7) is 0. The Kier molecular flexibility index (Phi) is 3.72. The van der Waals surface area contributed by atoms with Gasteiger partial charge in [-0.05, 0) is 24.3 Å². The third-order valence-corrected chi connectivity index (χ3v) is 2.88. The molecule has 0 atom stereocenters. The highest BCUT2D eigenvalue weighted by atomic mass is 79.9. The van der Waals surface area contributed by atoms with Gasteiger partial charge in [0.25, 0.3) is 0 Å². The number of hydrogen-bond donors (Lipinski definition) is 0. The van der Waals surface area contributed by atoms with E-state index in [9.17, 15) is 9.18 Å². The molecule has 92 valence electrons. The number of carbonyl (C=O) groups is 1. The molecule has 2 rings (SSSR count). The van der Waals surface area contributed by atoms with Crippen LogP contribution < -0.4 is 4.74 Å². The average molecular weight is 310 g/mol. The van der Waals surface area contributed by atoms with E-state index in [1.165, 1.54) is 43.8 Å². The van der Waals surface area contributed by atoms with Crippen LogP contribution in [0.2, 0.25) is 0 Å². The van der Waals surface area contributed by atoms with E-state index >= 15 is 0 Å². The number of rotatable bonds is 3. The van der Waals surface area contributed by atoms with Crippen LogP contribution in [-0.4, -0.2) is 17.9 Å². The first-order valence-electron chi connectivity index (χ1n) is 5.10. The van der Waals surface area contributed by atoms with Gasteiger partial charge in [0.2, 0.25) is 0 Å². The lowest BCUT2D eigenvalue weighted by Gasteiger charge is -2.05. The summed E-state index contributed by atoms with van der Waals surface area (Å²) in [5, 5.41) is 0. The number of aromatic nitrogens is 1. The molecular weight excluding hydrogens is 301 g/mol.